The van der Waals surface area contributed by atoms with E-state index in [0.717, 1.165) is 11.9 Å². The summed E-state index contributed by atoms with van der Waals surface area (Å²) in [6.07, 6.45) is 2.45. The number of aliphatic imine (C=N–C) groups is 1. The van der Waals surface area contributed by atoms with E-state index in [1.54, 1.807) is 30.5 Å². The third-order valence-corrected chi connectivity index (χ3v) is 3.67. The lowest BCUT2D eigenvalue weighted by Crippen LogP contribution is -2.15. The van der Waals surface area contributed by atoms with Gasteiger partial charge in [-0.2, -0.15) is 0 Å². The van der Waals surface area contributed by atoms with Gasteiger partial charge in [0.2, 0.25) is 0 Å². The zero-order valence-corrected chi connectivity index (χ0v) is 13.4. The minimum atomic E-state index is -0.326. The molecule has 122 valence electrons. The third-order valence-electron chi connectivity index (χ3n) is 3.67. The molecule has 0 saturated heterocycles. The van der Waals surface area contributed by atoms with Gasteiger partial charge in [-0.15, -0.1) is 0 Å². The maximum Gasteiger partial charge on any atom is 0.151 e. The molecule has 0 radical (unpaired) electrons. The highest BCUT2D eigenvalue weighted by molar-refractivity contribution is 6.01. The molecule has 3 rings (SSSR count). The van der Waals surface area contributed by atoms with Gasteiger partial charge in [-0.1, -0.05) is 12.1 Å². The number of amidine groups is 1. The number of nitrogens with two attached hydrogens (primary N) is 1. The van der Waals surface area contributed by atoms with E-state index in [1.807, 2.05) is 18.4 Å². The number of nitrogens with zero attached hydrogens (tertiary/aromatic N) is 4. The Hall–Kier alpha value is -3.09. The molecule has 3 aromatic rings. The number of rotatable bonds is 4. The number of nitrogens with one attached hydrogen (secondary N) is 1. The minimum Gasteiger partial charge on any atom is -0.382 e. The van der Waals surface area contributed by atoms with Gasteiger partial charge in [0.05, 0.1) is 17.3 Å². The normalized spacial score (nSPS) is 12.1. The van der Waals surface area contributed by atoms with Crippen molar-refractivity contribution in [3.05, 3.63) is 48.0 Å². The first kappa shape index (κ1) is 15.8. The molecule has 0 aliphatic rings. The summed E-state index contributed by atoms with van der Waals surface area (Å²) in [5, 5.41) is 7.02. The summed E-state index contributed by atoms with van der Waals surface area (Å²) in [7, 11) is 0. The van der Waals surface area contributed by atoms with E-state index < -0.39 is 0 Å². The summed E-state index contributed by atoms with van der Waals surface area (Å²) in [6.45, 7) is 4.00. The Labute approximate surface area is 138 Å². The third kappa shape index (κ3) is 2.64. The van der Waals surface area contributed by atoms with E-state index in [-0.39, 0.29) is 17.7 Å². The van der Waals surface area contributed by atoms with Crippen molar-refractivity contribution in [3.8, 4) is 11.4 Å². The molecule has 7 heteroatoms. The SMILES string of the molecule is CC(C)n1c(-c2ccccc2F)nc2cnc(C(N)=NC=N)cc21. The molecule has 24 heavy (non-hydrogen) atoms. The van der Waals surface area contributed by atoms with E-state index in [1.165, 1.54) is 6.07 Å². The van der Waals surface area contributed by atoms with Crippen molar-refractivity contribution in [2.45, 2.75) is 19.9 Å². The highest BCUT2D eigenvalue weighted by atomic mass is 19.1. The van der Waals surface area contributed by atoms with Gasteiger partial charge in [0.1, 0.15) is 29.2 Å². The maximum absolute atomic E-state index is 14.2. The van der Waals surface area contributed by atoms with E-state index in [4.69, 9.17) is 11.1 Å². The van der Waals surface area contributed by atoms with Gasteiger partial charge >= 0.3 is 0 Å². The largest absolute Gasteiger partial charge is 0.382 e. The van der Waals surface area contributed by atoms with Gasteiger partial charge in [-0.05, 0) is 32.0 Å². The smallest absolute Gasteiger partial charge is 0.151 e. The van der Waals surface area contributed by atoms with Crippen LogP contribution in [0.5, 0.6) is 0 Å². The molecule has 0 saturated carbocycles. The van der Waals surface area contributed by atoms with Crippen molar-refractivity contribution in [1.82, 2.24) is 14.5 Å². The second kappa shape index (κ2) is 6.19. The molecule has 0 atom stereocenters. The number of imidazole rings is 1. The minimum absolute atomic E-state index is 0.0563. The molecular formula is C17H17FN6. The molecule has 0 fully saturated rings. The molecule has 2 aromatic heterocycles. The molecule has 0 bridgehead atoms. The molecule has 6 nitrogen and oxygen atoms in total. The van der Waals surface area contributed by atoms with Crippen molar-refractivity contribution < 1.29 is 4.39 Å². The Morgan fingerprint density at radius 1 is 1.38 bits per heavy atom. The fraction of sp³-hybridized carbons (Fsp3) is 0.176. The molecule has 0 aliphatic heterocycles. The summed E-state index contributed by atoms with van der Waals surface area (Å²) >= 11 is 0. The number of hydrogen-bond donors (Lipinski definition) is 2. The highest BCUT2D eigenvalue weighted by Crippen LogP contribution is 2.29. The van der Waals surface area contributed by atoms with Gasteiger partial charge in [0.15, 0.2) is 5.84 Å². The van der Waals surface area contributed by atoms with Crippen LogP contribution in [0.1, 0.15) is 25.6 Å². The Morgan fingerprint density at radius 2 is 2.12 bits per heavy atom. The Bertz CT molecular complexity index is 941. The zero-order valence-electron chi connectivity index (χ0n) is 13.4. The Morgan fingerprint density at radius 3 is 2.79 bits per heavy atom. The lowest BCUT2D eigenvalue weighted by Gasteiger charge is -2.13. The van der Waals surface area contributed by atoms with Crippen molar-refractivity contribution in [1.29, 1.82) is 5.41 Å². The molecule has 3 N–H and O–H groups in total. The second-order valence-electron chi connectivity index (χ2n) is 5.58. The number of hydrogen-bond acceptors (Lipinski definition) is 3. The van der Waals surface area contributed by atoms with Crippen LogP contribution in [0.25, 0.3) is 22.4 Å². The summed E-state index contributed by atoms with van der Waals surface area (Å²) < 4.78 is 16.2. The van der Waals surface area contributed by atoms with Crippen LogP contribution in [0.15, 0.2) is 41.5 Å². The van der Waals surface area contributed by atoms with E-state index >= 15 is 0 Å². The van der Waals surface area contributed by atoms with Crippen LogP contribution in [-0.4, -0.2) is 26.7 Å². The lowest BCUT2D eigenvalue weighted by atomic mass is 10.2. The fourth-order valence-electron chi connectivity index (χ4n) is 2.63. The number of pyridine rings is 1. The molecule has 0 unspecified atom stereocenters. The number of aromatic nitrogens is 3. The van der Waals surface area contributed by atoms with Crippen LogP contribution in [0.3, 0.4) is 0 Å². The summed E-state index contributed by atoms with van der Waals surface area (Å²) in [5.41, 5.74) is 8.13. The van der Waals surface area contributed by atoms with Crippen LogP contribution >= 0.6 is 0 Å². The van der Waals surface area contributed by atoms with Crippen molar-refractivity contribution in [3.63, 3.8) is 0 Å². The average Bonchev–Trinajstić information content (AvgIpc) is 2.93. The van der Waals surface area contributed by atoms with Crippen molar-refractivity contribution in [2.24, 2.45) is 10.7 Å². The molecule has 1 aromatic carbocycles. The molecule has 2 heterocycles. The average molecular weight is 324 g/mol. The summed E-state index contributed by atoms with van der Waals surface area (Å²) in [6, 6.07) is 8.36. The number of halogens is 1. The predicted molar refractivity (Wildman–Crippen MR) is 92.8 cm³/mol. The van der Waals surface area contributed by atoms with Crippen molar-refractivity contribution in [2.75, 3.05) is 0 Å². The van der Waals surface area contributed by atoms with E-state index in [2.05, 4.69) is 15.0 Å². The van der Waals surface area contributed by atoms with Gasteiger partial charge in [-0.3, -0.25) is 10.4 Å². The quantitative estimate of drug-likeness (QED) is 0.570. The second-order valence-corrected chi connectivity index (χ2v) is 5.58. The lowest BCUT2D eigenvalue weighted by molar-refractivity contribution is 0.607. The predicted octanol–water partition coefficient (Wildman–Crippen LogP) is 3.13. The molecule has 0 spiro atoms. The van der Waals surface area contributed by atoms with Gasteiger partial charge in [0.25, 0.3) is 0 Å². The molecule has 0 aliphatic carbocycles. The van der Waals surface area contributed by atoms with Crippen LogP contribution in [0, 0.1) is 11.2 Å². The molecular weight excluding hydrogens is 307 g/mol. The summed E-state index contributed by atoms with van der Waals surface area (Å²) in [5.74, 6) is 0.364. The topological polar surface area (TPSA) is 92.9 Å². The molecule has 0 amide bonds. The van der Waals surface area contributed by atoms with Crippen LogP contribution in [-0.2, 0) is 0 Å². The fourth-order valence-corrected chi connectivity index (χ4v) is 2.63. The Balaban J connectivity index is 2.29. The van der Waals surface area contributed by atoms with Crippen molar-refractivity contribution >= 4 is 23.2 Å². The summed E-state index contributed by atoms with van der Waals surface area (Å²) in [4.78, 5) is 12.5. The highest BCUT2D eigenvalue weighted by Gasteiger charge is 2.18. The first-order valence-corrected chi connectivity index (χ1v) is 7.48. The van der Waals surface area contributed by atoms with E-state index in [9.17, 15) is 4.39 Å². The van der Waals surface area contributed by atoms with Gasteiger partial charge < -0.3 is 10.3 Å². The van der Waals surface area contributed by atoms with Crippen LogP contribution in [0.2, 0.25) is 0 Å². The number of fused-ring (bicyclic) bond motifs is 1. The zero-order chi connectivity index (χ0) is 17.3. The first-order chi connectivity index (χ1) is 11.5. The Kier molecular flexibility index (Phi) is 4.07. The van der Waals surface area contributed by atoms with Crippen LogP contribution < -0.4 is 5.73 Å². The van der Waals surface area contributed by atoms with E-state index in [0.29, 0.717) is 22.6 Å². The van der Waals surface area contributed by atoms with Crippen LogP contribution in [0.4, 0.5) is 4.39 Å². The maximum atomic E-state index is 14.2. The van der Waals surface area contributed by atoms with Gasteiger partial charge in [-0.25, -0.2) is 14.4 Å². The number of benzene rings is 1. The first-order valence-electron chi connectivity index (χ1n) is 7.48. The van der Waals surface area contributed by atoms with Gasteiger partial charge in [0, 0.05) is 6.04 Å². The monoisotopic (exact) mass is 324 g/mol. The standard InChI is InChI=1S/C17H17FN6/c1-10(2)24-15-7-13(16(20)22-9-19)21-8-14(15)23-17(24)11-5-3-4-6-12(11)18/h3-10H,1-2H3,(H3,19,20,22).